The first kappa shape index (κ1) is 14.6. The van der Waals surface area contributed by atoms with Crippen LogP contribution in [0.4, 0.5) is 0 Å². The van der Waals surface area contributed by atoms with Gasteiger partial charge in [-0.3, -0.25) is 4.79 Å². The van der Waals surface area contributed by atoms with Gasteiger partial charge in [0.05, 0.1) is 6.04 Å². The lowest BCUT2D eigenvalue weighted by molar-refractivity contribution is -0.129. The number of nitrogens with two attached hydrogens (primary N) is 1. The van der Waals surface area contributed by atoms with E-state index in [1.54, 1.807) is 12.1 Å². The summed E-state index contributed by atoms with van der Waals surface area (Å²) in [6.07, 6.45) is 0.371. The van der Waals surface area contributed by atoms with Crippen LogP contribution in [0.2, 0.25) is 10.0 Å². The summed E-state index contributed by atoms with van der Waals surface area (Å²) < 4.78 is 0. The van der Waals surface area contributed by atoms with Crippen molar-refractivity contribution in [1.82, 2.24) is 4.90 Å². The molecule has 0 aliphatic carbocycles. The average Bonchev–Trinajstić information content (AvgIpc) is 2.54. The van der Waals surface area contributed by atoms with Gasteiger partial charge in [-0.15, -0.1) is 0 Å². The number of nitrogens with zero attached hydrogens (tertiary/aromatic N) is 1. The van der Waals surface area contributed by atoms with E-state index in [1.165, 1.54) is 0 Å². The van der Waals surface area contributed by atoms with Crippen molar-refractivity contribution in [3.8, 4) is 0 Å². The van der Waals surface area contributed by atoms with Crippen LogP contribution in [0, 0.1) is 5.92 Å². The van der Waals surface area contributed by atoms with Gasteiger partial charge in [-0.2, -0.15) is 0 Å². The Morgan fingerprint density at radius 1 is 1.42 bits per heavy atom. The molecule has 3 nitrogen and oxygen atoms in total. The average molecular weight is 301 g/mol. The van der Waals surface area contributed by atoms with Crippen molar-refractivity contribution >= 4 is 29.1 Å². The molecule has 0 saturated carbocycles. The molecule has 1 aliphatic rings. The molecule has 0 bridgehead atoms. The normalized spacial score (nSPS) is 23.5. The molecule has 1 amide bonds. The molecule has 2 N–H and O–H groups in total. The van der Waals surface area contributed by atoms with Crippen molar-refractivity contribution < 1.29 is 4.79 Å². The summed E-state index contributed by atoms with van der Waals surface area (Å²) >= 11 is 12.2. The Morgan fingerprint density at radius 3 is 2.68 bits per heavy atom. The lowest BCUT2D eigenvalue weighted by atomic mass is 10.00. The Balaban J connectivity index is 2.36. The van der Waals surface area contributed by atoms with Crippen molar-refractivity contribution in [2.24, 2.45) is 11.7 Å². The van der Waals surface area contributed by atoms with Gasteiger partial charge in [-0.05, 0) is 23.6 Å². The number of benzene rings is 1. The second-order valence-corrected chi connectivity index (χ2v) is 6.26. The number of hydrogen-bond acceptors (Lipinski definition) is 2. The SMILES string of the molecule is CC(C)CN1C(=O)CC(N)C1c1ccc(Cl)cc1Cl. The van der Waals surface area contributed by atoms with Crippen LogP contribution in [-0.4, -0.2) is 23.4 Å². The number of amides is 1. The number of carbonyl (C=O) groups is 1. The zero-order valence-electron chi connectivity index (χ0n) is 11.1. The zero-order chi connectivity index (χ0) is 14.2. The fourth-order valence-electron chi connectivity index (χ4n) is 2.57. The smallest absolute Gasteiger partial charge is 0.224 e. The van der Waals surface area contributed by atoms with Crippen LogP contribution in [0.5, 0.6) is 0 Å². The van der Waals surface area contributed by atoms with Crippen LogP contribution >= 0.6 is 23.2 Å². The number of rotatable bonds is 3. The van der Waals surface area contributed by atoms with Gasteiger partial charge in [0.15, 0.2) is 0 Å². The van der Waals surface area contributed by atoms with Crippen LogP contribution in [0.25, 0.3) is 0 Å². The van der Waals surface area contributed by atoms with Gasteiger partial charge in [0.1, 0.15) is 0 Å². The molecule has 1 aliphatic heterocycles. The molecular weight excluding hydrogens is 283 g/mol. The number of likely N-dealkylation sites (tertiary alicyclic amines) is 1. The molecule has 0 aromatic heterocycles. The number of hydrogen-bond donors (Lipinski definition) is 1. The maximum Gasteiger partial charge on any atom is 0.224 e. The van der Waals surface area contributed by atoms with Crippen LogP contribution < -0.4 is 5.73 Å². The summed E-state index contributed by atoms with van der Waals surface area (Å²) in [6, 6.07) is 4.97. The van der Waals surface area contributed by atoms with Gasteiger partial charge in [-0.1, -0.05) is 43.1 Å². The minimum Gasteiger partial charge on any atom is -0.334 e. The van der Waals surface area contributed by atoms with Crippen molar-refractivity contribution in [2.45, 2.75) is 32.4 Å². The van der Waals surface area contributed by atoms with Gasteiger partial charge in [0.2, 0.25) is 5.91 Å². The largest absolute Gasteiger partial charge is 0.334 e. The lowest BCUT2D eigenvalue weighted by Gasteiger charge is -2.29. The van der Waals surface area contributed by atoms with Crippen molar-refractivity contribution in [2.75, 3.05) is 6.54 Å². The standard InChI is InChI=1S/C14H18Cl2N2O/c1-8(2)7-18-13(19)6-12(17)14(18)10-4-3-9(15)5-11(10)16/h3-5,8,12,14H,6-7,17H2,1-2H3. The highest BCUT2D eigenvalue weighted by molar-refractivity contribution is 6.35. The summed E-state index contributed by atoms with van der Waals surface area (Å²) in [6.45, 7) is 4.85. The minimum absolute atomic E-state index is 0.0946. The molecule has 5 heteroatoms. The van der Waals surface area contributed by atoms with E-state index in [4.69, 9.17) is 28.9 Å². The Hall–Kier alpha value is -0.770. The lowest BCUT2D eigenvalue weighted by Crippen LogP contribution is -2.35. The molecule has 0 spiro atoms. The molecule has 19 heavy (non-hydrogen) atoms. The van der Waals surface area contributed by atoms with E-state index in [9.17, 15) is 4.79 Å². The van der Waals surface area contributed by atoms with E-state index < -0.39 is 0 Å². The maximum atomic E-state index is 12.1. The Morgan fingerprint density at radius 2 is 2.11 bits per heavy atom. The number of carbonyl (C=O) groups excluding carboxylic acids is 1. The summed E-state index contributed by atoms with van der Waals surface area (Å²) in [4.78, 5) is 13.9. The highest BCUT2D eigenvalue weighted by Crippen LogP contribution is 2.37. The molecule has 1 aromatic rings. The third-order valence-corrected chi connectivity index (χ3v) is 3.88. The van der Waals surface area contributed by atoms with Gasteiger partial charge >= 0.3 is 0 Å². The van der Waals surface area contributed by atoms with E-state index >= 15 is 0 Å². The van der Waals surface area contributed by atoms with Crippen LogP contribution in [0.1, 0.15) is 31.9 Å². The predicted octanol–water partition coefficient (Wildman–Crippen LogP) is 3.25. The fraction of sp³-hybridized carbons (Fsp3) is 0.500. The van der Waals surface area contributed by atoms with Crippen LogP contribution in [-0.2, 0) is 4.79 Å². The third kappa shape index (κ3) is 3.04. The van der Waals surface area contributed by atoms with Crippen molar-refractivity contribution in [3.05, 3.63) is 33.8 Å². The third-order valence-electron chi connectivity index (χ3n) is 3.31. The molecule has 2 atom stereocenters. The second kappa shape index (κ2) is 5.70. The Labute approximate surface area is 123 Å². The van der Waals surface area contributed by atoms with Gasteiger partial charge in [0.25, 0.3) is 0 Å². The molecule has 1 saturated heterocycles. The van der Waals surface area contributed by atoms with Crippen LogP contribution in [0.3, 0.4) is 0 Å². The van der Waals surface area contributed by atoms with E-state index in [0.717, 1.165) is 5.56 Å². The zero-order valence-corrected chi connectivity index (χ0v) is 12.6. The van der Waals surface area contributed by atoms with E-state index in [0.29, 0.717) is 28.9 Å². The summed E-state index contributed by atoms with van der Waals surface area (Å²) in [5, 5.41) is 1.15. The molecule has 2 unspecified atom stereocenters. The highest BCUT2D eigenvalue weighted by Gasteiger charge is 2.39. The quantitative estimate of drug-likeness (QED) is 0.931. The first-order chi connectivity index (χ1) is 8.90. The Bertz CT molecular complexity index is 490. The van der Waals surface area contributed by atoms with E-state index in [-0.39, 0.29) is 18.0 Å². The molecule has 1 fully saturated rings. The monoisotopic (exact) mass is 300 g/mol. The summed E-state index contributed by atoms with van der Waals surface area (Å²) in [7, 11) is 0. The topological polar surface area (TPSA) is 46.3 Å². The van der Waals surface area contributed by atoms with Crippen molar-refractivity contribution in [1.29, 1.82) is 0 Å². The molecule has 104 valence electrons. The molecule has 1 heterocycles. The fourth-order valence-corrected chi connectivity index (χ4v) is 3.09. The van der Waals surface area contributed by atoms with Gasteiger partial charge in [0, 0.05) is 29.1 Å². The second-order valence-electron chi connectivity index (χ2n) is 5.42. The molecule has 1 aromatic carbocycles. The summed E-state index contributed by atoms with van der Waals surface area (Å²) in [5.41, 5.74) is 7.00. The minimum atomic E-state index is -0.218. The number of halogens is 2. The highest BCUT2D eigenvalue weighted by atomic mass is 35.5. The van der Waals surface area contributed by atoms with Gasteiger partial charge < -0.3 is 10.6 Å². The van der Waals surface area contributed by atoms with E-state index in [2.05, 4.69) is 13.8 Å². The van der Waals surface area contributed by atoms with E-state index in [1.807, 2.05) is 11.0 Å². The van der Waals surface area contributed by atoms with Crippen molar-refractivity contribution in [3.63, 3.8) is 0 Å². The maximum absolute atomic E-state index is 12.1. The molecular formula is C14H18Cl2N2O. The predicted molar refractivity (Wildman–Crippen MR) is 78.3 cm³/mol. The summed E-state index contributed by atoms with van der Waals surface area (Å²) in [5.74, 6) is 0.486. The molecule has 0 radical (unpaired) electrons. The Kier molecular flexibility index (Phi) is 4.39. The molecule has 2 rings (SSSR count). The first-order valence-corrected chi connectivity index (χ1v) is 7.15. The first-order valence-electron chi connectivity index (χ1n) is 6.40. The van der Waals surface area contributed by atoms with Crippen LogP contribution in [0.15, 0.2) is 18.2 Å². The van der Waals surface area contributed by atoms with Gasteiger partial charge in [-0.25, -0.2) is 0 Å².